The first-order chi connectivity index (χ1) is 17.3. The van der Waals surface area contributed by atoms with E-state index in [1.165, 1.54) is 11.1 Å². The van der Waals surface area contributed by atoms with Gasteiger partial charge in [-0.15, -0.1) is 0 Å². The van der Waals surface area contributed by atoms with E-state index < -0.39 is 0 Å². The van der Waals surface area contributed by atoms with E-state index in [0.29, 0.717) is 12.0 Å². The van der Waals surface area contributed by atoms with E-state index in [4.69, 9.17) is 14.8 Å². The molecule has 0 bridgehead atoms. The minimum Gasteiger partial charge on any atom is -0.492 e. The van der Waals surface area contributed by atoms with E-state index in [2.05, 4.69) is 54.9 Å². The van der Waals surface area contributed by atoms with Crippen molar-refractivity contribution in [2.75, 3.05) is 6.61 Å². The molecule has 0 aliphatic heterocycles. The molecule has 36 heavy (non-hydrogen) atoms. The first-order valence-corrected chi connectivity index (χ1v) is 13.5. The Bertz CT molecular complexity index is 1490. The fourth-order valence-electron chi connectivity index (χ4n) is 4.85. The maximum Gasteiger partial charge on any atom is 0.282 e. The van der Waals surface area contributed by atoms with Crippen molar-refractivity contribution in [3.8, 4) is 5.75 Å². The number of nitrogens with zero attached hydrogens (tertiary/aromatic N) is 3. The van der Waals surface area contributed by atoms with Crippen LogP contribution < -0.4 is 10.3 Å². The van der Waals surface area contributed by atoms with Crippen LogP contribution >= 0.6 is 15.9 Å². The molecule has 6 heteroatoms. The molecule has 186 valence electrons. The summed E-state index contributed by atoms with van der Waals surface area (Å²) in [7, 11) is 0. The van der Waals surface area contributed by atoms with E-state index >= 15 is 0 Å². The number of hydrogen-bond donors (Lipinski definition) is 0. The van der Waals surface area contributed by atoms with Crippen molar-refractivity contribution < 1.29 is 4.74 Å². The first-order valence-electron chi connectivity index (χ1n) is 12.7. The van der Waals surface area contributed by atoms with Crippen molar-refractivity contribution in [1.82, 2.24) is 9.66 Å². The molecule has 1 heterocycles. The number of hydrogen-bond acceptors (Lipinski definition) is 4. The van der Waals surface area contributed by atoms with Crippen LogP contribution in [0.2, 0.25) is 0 Å². The molecule has 0 saturated heterocycles. The molecular weight excluding hydrogens is 514 g/mol. The maximum atomic E-state index is 13.7. The minimum absolute atomic E-state index is 0.0147. The van der Waals surface area contributed by atoms with Gasteiger partial charge in [0.25, 0.3) is 5.56 Å². The standard InChI is InChI=1S/C30H32BrN3O2/c1-30(2,3)19-36-27-16-13-20-9-7-8-12-23(20)25(27)18-32-34-28(21-10-5-4-6-11-21)33-26-15-14-22(31)17-24(26)29(34)35/h7-9,12-18,21H,4-6,10-11,19H2,1-3H3. The number of ether oxygens (including phenoxy) is 1. The number of fused-ring (bicyclic) bond motifs is 2. The Hall–Kier alpha value is -2.99. The summed E-state index contributed by atoms with van der Waals surface area (Å²) in [5.41, 5.74) is 1.46. The highest BCUT2D eigenvalue weighted by Crippen LogP contribution is 2.33. The lowest BCUT2D eigenvalue weighted by Gasteiger charge is -2.23. The largest absolute Gasteiger partial charge is 0.492 e. The van der Waals surface area contributed by atoms with Crippen LogP contribution in [0.1, 0.15) is 70.2 Å². The highest BCUT2D eigenvalue weighted by molar-refractivity contribution is 9.10. The van der Waals surface area contributed by atoms with Gasteiger partial charge in [0.2, 0.25) is 0 Å². The molecule has 0 radical (unpaired) electrons. The summed E-state index contributed by atoms with van der Waals surface area (Å²) in [4.78, 5) is 18.7. The van der Waals surface area contributed by atoms with E-state index in [1.807, 2.05) is 36.4 Å². The third-order valence-electron chi connectivity index (χ3n) is 6.70. The van der Waals surface area contributed by atoms with Crippen molar-refractivity contribution in [3.63, 3.8) is 0 Å². The topological polar surface area (TPSA) is 56.5 Å². The third-order valence-corrected chi connectivity index (χ3v) is 7.19. The SMILES string of the molecule is CC(C)(C)COc1ccc2ccccc2c1C=Nn1c(C2CCCCC2)nc2ccc(Br)cc2c1=O. The summed E-state index contributed by atoms with van der Waals surface area (Å²) in [6.45, 7) is 7.02. The minimum atomic E-state index is -0.143. The summed E-state index contributed by atoms with van der Waals surface area (Å²) >= 11 is 3.50. The zero-order valence-corrected chi connectivity index (χ0v) is 22.7. The Kier molecular flexibility index (Phi) is 6.98. The Morgan fingerprint density at radius 2 is 1.83 bits per heavy atom. The van der Waals surface area contributed by atoms with Crippen molar-refractivity contribution >= 4 is 43.8 Å². The third kappa shape index (κ3) is 5.24. The molecule has 1 aromatic heterocycles. The van der Waals surface area contributed by atoms with Crippen molar-refractivity contribution in [2.45, 2.75) is 58.8 Å². The van der Waals surface area contributed by atoms with Crippen LogP contribution in [-0.2, 0) is 0 Å². The smallest absolute Gasteiger partial charge is 0.282 e. The normalized spacial score (nSPS) is 15.2. The molecular formula is C30H32BrN3O2. The molecule has 0 amide bonds. The quantitative estimate of drug-likeness (QED) is 0.242. The van der Waals surface area contributed by atoms with Crippen molar-refractivity contribution in [2.24, 2.45) is 10.5 Å². The molecule has 1 aliphatic carbocycles. The van der Waals surface area contributed by atoms with Gasteiger partial charge in [0.05, 0.1) is 23.7 Å². The van der Waals surface area contributed by atoms with E-state index in [9.17, 15) is 4.79 Å². The number of benzene rings is 3. The summed E-state index contributed by atoms with van der Waals surface area (Å²) in [6.07, 6.45) is 7.36. The van der Waals surface area contributed by atoms with Crippen LogP contribution in [-0.4, -0.2) is 22.5 Å². The number of halogens is 1. The van der Waals surface area contributed by atoms with Crippen molar-refractivity contribution in [1.29, 1.82) is 0 Å². The van der Waals surface area contributed by atoms with Gasteiger partial charge in [0, 0.05) is 16.0 Å². The molecule has 5 rings (SSSR count). The van der Waals surface area contributed by atoms with Gasteiger partial charge in [0.15, 0.2) is 0 Å². The molecule has 1 fully saturated rings. The fourth-order valence-corrected chi connectivity index (χ4v) is 5.21. The Morgan fingerprint density at radius 1 is 1.06 bits per heavy atom. The van der Waals surface area contributed by atoms with Gasteiger partial charge in [-0.05, 0) is 53.3 Å². The summed E-state index contributed by atoms with van der Waals surface area (Å²) < 4.78 is 8.64. The summed E-state index contributed by atoms with van der Waals surface area (Å²) in [5.74, 6) is 1.74. The molecule has 1 aliphatic rings. The van der Waals surface area contributed by atoms with E-state index in [1.54, 1.807) is 6.21 Å². The van der Waals surface area contributed by atoms with Gasteiger partial charge in [-0.25, -0.2) is 4.98 Å². The molecule has 5 nitrogen and oxygen atoms in total. The van der Waals surface area contributed by atoms with E-state index in [0.717, 1.165) is 63.6 Å². The number of aromatic nitrogens is 2. The lowest BCUT2D eigenvalue weighted by molar-refractivity contribution is 0.198. The van der Waals surface area contributed by atoms with Crippen LogP contribution in [0.4, 0.5) is 0 Å². The second-order valence-corrected chi connectivity index (χ2v) is 11.8. The average molecular weight is 547 g/mol. The summed E-state index contributed by atoms with van der Waals surface area (Å²) in [5, 5.41) is 7.50. The van der Waals surface area contributed by atoms with Gasteiger partial charge < -0.3 is 4.74 Å². The first kappa shape index (κ1) is 24.7. The molecule has 3 aromatic carbocycles. The molecule has 0 unspecified atom stereocenters. The highest BCUT2D eigenvalue weighted by atomic mass is 79.9. The predicted molar refractivity (Wildman–Crippen MR) is 151 cm³/mol. The lowest BCUT2D eigenvalue weighted by Crippen LogP contribution is -2.25. The highest BCUT2D eigenvalue weighted by Gasteiger charge is 2.23. The van der Waals surface area contributed by atoms with Gasteiger partial charge in [-0.1, -0.05) is 86.3 Å². The maximum absolute atomic E-state index is 13.7. The Labute approximate surface area is 220 Å². The second-order valence-electron chi connectivity index (χ2n) is 10.9. The second kappa shape index (κ2) is 10.2. The van der Waals surface area contributed by atoms with Crippen LogP contribution in [0.25, 0.3) is 21.7 Å². The van der Waals surface area contributed by atoms with Crippen LogP contribution in [0.3, 0.4) is 0 Å². The van der Waals surface area contributed by atoms with Gasteiger partial charge in [0.1, 0.15) is 11.6 Å². The predicted octanol–water partition coefficient (Wildman–Crippen LogP) is 7.67. The lowest BCUT2D eigenvalue weighted by atomic mass is 9.88. The molecule has 1 saturated carbocycles. The zero-order chi connectivity index (χ0) is 25.3. The summed E-state index contributed by atoms with van der Waals surface area (Å²) in [6, 6.07) is 17.9. The van der Waals surface area contributed by atoms with Crippen molar-refractivity contribution in [3.05, 3.63) is 80.8 Å². The van der Waals surface area contributed by atoms with Crippen LogP contribution in [0.5, 0.6) is 5.75 Å². The molecule has 4 aromatic rings. The average Bonchev–Trinajstić information content (AvgIpc) is 2.87. The van der Waals surface area contributed by atoms with Gasteiger partial charge in [-0.3, -0.25) is 4.79 Å². The van der Waals surface area contributed by atoms with Crippen LogP contribution in [0, 0.1) is 5.41 Å². The Balaban J connectivity index is 1.67. The Morgan fingerprint density at radius 3 is 2.61 bits per heavy atom. The molecule has 0 spiro atoms. The molecule has 0 atom stereocenters. The van der Waals surface area contributed by atoms with E-state index in [-0.39, 0.29) is 16.9 Å². The molecule has 0 N–H and O–H groups in total. The fraction of sp³-hybridized carbons (Fsp3) is 0.367. The zero-order valence-electron chi connectivity index (χ0n) is 21.1. The van der Waals surface area contributed by atoms with Crippen LogP contribution in [0.15, 0.2) is 69.0 Å². The monoisotopic (exact) mass is 545 g/mol. The number of rotatable bonds is 5. The van der Waals surface area contributed by atoms with Gasteiger partial charge >= 0.3 is 0 Å². The van der Waals surface area contributed by atoms with Gasteiger partial charge in [-0.2, -0.15) is 9.78 Å².